The van der Waals surface area contributed by atoms with E-state index in [4.69, 9.17) is 6.63 Å². The highest BCUT2D eigenvalue weighted by molar-refractivity contribution is 6.60. The van der Waals surface area contributed by atoms with E-state index in [9.17, 15) is 0 Å². The van der Waals surface area contributed by atoms with Gasteiger partial charge in [0.25, 0.3) is 0 Å². The van der Waals surface area contributed by atoms with Gasteiger partial charge in [-0.2, -0.15) is 0 Å². The van der Waals surface area contributed by atoms with E-state index in [0.29, 0.717) is 0 Å². The van der Waals surface area contributed by atoms with Crippen LogP contribution in [0.1, 0.15) is 62.3 Å². The van der Waals surface area contributed by atoms with Crippen LogP contribution < -0.4 is 0 Å². The molecule has 0 rings (SSSR count). The van der Waals surface area contributed by atoms with Gasteiger partial charge in [-0.1, -0.05) is 79.7 Å². The molecular weight excluding hydrogens is 278 g/mol. The molecule has 0 aliphatic carbocycles. The maximum absolute atomic E-state index is 6.79. The van der Waals surface area contributed by atoms with Gasteiger partial charge in [0.15, 0.2) is 0 Å². The Hall–Kier alpha value is 0.985. The van der Waals surface area contributed by atoms with E-state index < -0.39 is 29.3 Å². The smallest absolute Gasteiger partial charge is 0.614 e. The Labute approximate surface area is 137 Å². The average Bonchev–Trinajstić information content (AvgIpc) is 2.06. The minimum atomic E-state index is -1.62. The maximum atomic E-state index is 6.79. The van der Waals surface area contributed by atoms with Crippen molar-refractivity contribution in [2.45, 2.75) is 85.3 Å². The second kappa shape index (κ2) is 6.62. The van der Waals surface area contributed by atoms with Crippen LogP contribution in [-0.4, -0.2) is 34.9 Å². The first-order valence-electron chi connectivity index (χ1n) is 7.89. The van der Waals surface area contributed by atoms with Crippen molar-refractivity contribution < 1.29 is 6.63 Å². The van der Waals surface area contributed by atoms with Gasteiger partial charge in [-0.3, -0.25) is 0 Å². The van der Waals surface area contributed by atoms with Crippen LogP contribution in [0, 0.1) is 16.2 Å². The molecule has 0 saturated heterocycles. The molecule has 0 aliphatic heterocycles. The lowest BCUT2D eigenvalue weighted by molar-refractivity contribution is -0.191. The van der Waals surface area contributed by atoms with Crippen molar-refractivity contribution in [1.82, 2.24) is 0 Å². The number of hydrogen-bond donors (Lipinski definition) is 0. The third-order valence-corrected chi connectivity index (χ3v) is 8.37. The Balaban J connectivity index is 5.81. The molecule has 0 amide bonds. The fourth-order valence-corrected chi connectivity index (χ4v) is 9.41. The van der Waals surface area contributed by atoms with Crippen molar-refractivity contribution in [3.63, 3.8) is 0 Å². The van der Waals surface area contributed by atoms with Gasteiger partial charge in [0.2, 0.25) is 0 Å². The molecule has 0 heterocycles. The fourth-order valence-electron chi connectivity index (χ4n) is 4.57. The first-order chi connectivity index (χ1) is 8.56. The van der Waals surface area contributed by atoms with E-state index in [1.54, 1.807) is 0 Å². The summed E-state index contributed by atoms with van der Waals surface area (Å²) in [7, 11) is 0. The highest BCUT2D eigenvalue weighted by atomic mass is 27.3. The van der Waals surface area contributed by atoms with Crippen LogP contribution >= 0.6 is 0 Å². The molecule has 0 N–H and O–H groups in total. The average molecular weight is 314 g/mol. The van der Waals surface area contributed by atoms with Crippen LogP contribution in [0.2, 0.25) is 17.4 Å². The van der Waals surface area contributed by atoms with Crippen LogP contribution in [0.3, 0.4) is 0 Å². The molecule has 0 unspecified atom stereocenters. The minimum Gasteiger partial charge on any atom is -0.614 e. The molecule has 0 bridgehead atoms. The summed E-state index contributed by atoms with van der Waals surface area (Å²) < 4.78 is 12.9. The largest absolute Gasteiger partial charge is 0.640 e. The van der Waals surface area contributed by atoms with Crippen molar-refractivity contribution in [1.29, 1.82) is 0 Å². The molecule has 0 aromatic rings. The van der Waals surface area contributed by atoms with E-state index in [-0.39, 0.29) is 21.8 Å². The summed E-state index contributed by atoms with van der Waals surface area (Å²) >= 11 is -2.67. The molecule has 0 fully saturated rings. The molecule has 0 atom stereocenters. The Bertz CT molecular complexity index is 270. The van der Waals surface area contributed by atoms with E-state index in [1.165, 1.54) is 0 Å². The first-order valence-corrected chi connectivity index (χ1v) is 12.8. The van der Waals surface area contributed by atoms with Crippen molar-refractivity contribution in [2.24, 2.45) is 16.2 Å². The molecule has 0 aromatic carbocycles. The van der Waals surface area contributed by atoms with Crippen molar-refractivity contribution in [3.8, 4) is 0 Å². The molecule has 20 heavy (non-hydrogen) atoms. The zero-order valence-corrected chi connectivity index (χ0v) is 18.3. The molecule has 0 aromatic heterocycles. The highest BCUT2D eigenvalue weighted by Gasteiger charge is 2.59. The second-order valence-electron chi connectivity index (χ2n) is 9.30. The zero-order valence-electron chi connectivity index (χ0n) is 16.0. The Morgan fingerprint density at radius 3 is 1.10 bits per heavy atom. The predicted molar refractivity (Wildman–Crippen MR) is 92.4 cm³/mol. The maximum Gasteiger partial charge on any atom is 0.640 e. The Morgan fingerprint density at radius 2 is 0.900 bits per heavy atom. The molecule has 0 saturated carbocycles. The number of rotatable bonds is 4. The SMILES string of the molecule is [CH3][Al]([CH3])[O][Al]([CH3])[O]C(C(C)(C)C)(C(C)(C)C)C(C)(C)C. The van der Waals surface area contributed by atoms with Gasteiger partial charge >= 0.3 is 29.3 Å². The van der Waals surface area contributed by atoms with E-state index in [0.717, 1.165) is 0 Å². The van der Waals surface area contributed by atoms with Crippen LogP contribution in [0.15, 0.2) is 0 Å². The summed E-state index contributed by atoms with van der Waals surface area (Å²) in [5.41, 5.74) is -0.0755. The molecule has 4 heteroatoms. The molecule has 0 spiro atoms. The summed E-state index contributed by atoms with van der Waals surface area (Å²) in [6, 6.07) is 0. The zero-order chi connectivity index (χ0) is 16.6. The molecule has 0 aliphatic rings. The summed E-state index contributed by atoms with van der Waals surface area (Å²) in [4.78, 5) is 0. The normalized spacial score (nSPS) is 14.4. The van der Waals surface area contributed by atoms with Crippen LogP contribution in [0.25, 0.3) is 0 Å². The minimum absolute atomic E-state index is 0.0483. The number of hydrogen-bond acceptors (Lipinski definition) is 2. The molecule has 118 valence electrons. The fraction of sp³-hybridized carbons (Fsp3) is 1.00. The summed E-state index contributed by atoms with van der Waals surface area (Å²) in [6.45, 7) is 20.7. The molecule has 0 radical (unpaired) electrons. The third kappa shape index (κ3) is 4.49. The van der Waals surface area contributed by atoms with Crippen LogP contribution in [0.5, 0.6) is 0 Å². The summed E-state index contributed by atoms with van der Waals surface area (Å²) in [5, 5.41) is 0. The van der Waals surface area contributed by atoms with Gasteiger partial charge in [-0.25, -0.2) is 0 Å². The third-order valence-electron chi connectivity index (χ3n) is 3.98. The standard InChI is InChI=1S/C13H27O.3CH3.2Al.O/c1-10(2,3)13(14,11(4,5)6)12(7,8)9;;;;;;/h1-9H3;3*1H3;;;/q-1;;;;;+1;. The van der Waals surface area contributed by atoms with Crippen LogP contribution in [-0.2, 0) is 6.63 Å². The quantitative estimate of drug-likeness (QED) is 0.658. The molecule has 2 nitrogen and oxygen atoms in total. The molecular formula is C16H36Al2O2. The highest BCUT2D eigenvalue weighted by Crippen LogP contribution is 2.56. The topological polar surface area (TPSA) is 18.5 Å². The second-order valence-corrected chi connectivity index (χ2v) is 13.9. The summed E-state index contributed by atoms with van der Waals surface area (Å²) in [6.07, 6.45) is 0. The van der Waals surface area contributed by atoms with Gasteiger partial charge in [0.1, 0.15) is 0 Å². The Morgan fingerprint density at radius 1 is 0.600 bits per heavy atom. The predicted octanol–water partition coefficient (Wildman–Crippen LogP) is 5.27. The van der Waals surface area contributed by atoms with Gasteiger partial charge < -0.3 is 6.63 Å². The lowest BCUT2D eigenvalue weighted by atomic mass is 9.52. The van der Waals surface area contributed by atoms with Gasteiger partial charge in [-0.05, 0) is 16.2 Å². The van der Waals surface area contributed by atoms with Gasteiger partial charge in [0.05, 0.1) is 5.60 Å². The summed E-state index contributed by atoms with van der Waals surface area (Å²) in [5.74, 6) is 6.63. The van der Waals surface area contributed by atoms with E-state index >= 15 is 0 Å². The van der Waals surface area contributed by atoms with Crippen molar-refractivity contribution in [2.75, 3.05) is 0 Å². The lowest BCUT2D eigenvalue weighted by Gasteiger charge is -2.62. The lowest BCUT2D eigenvalue weighted by Crippen LogP contribution is -2.65. The van der Waals surface area contributed by atoms with Crippen molar-refractivity contribution in [3.05, 3.63) is 0 Å². The van der Waals surface area contributed by atoms with E-state index in [1.807, 2.05) is 0 Å². The van der Waals surface area contributed by atoms with Crippen LogP contribution in [0.4, 0.5) is 0 Å². The van der Waals surface area contributed by atoms with Gasteiger partial charge in [-0.15, -0.1) is 0 Å². The van der Waals surface area contributed by atoms with Crippen molar-refractivity contribution >= 4 is 29.3 Å². The monoisotopic (exact) mass is 314 g/mol. The van der Waals surface area contributed by atoms with E-state index in [2.05, 4.69) is 79.7 Å². The first kappa shape index (κ1) is 21.0. The van der Waals surface area contributed by atoms with Gasteiger partial charge in [0, 0.05) is 0 Å². The Kier molecular flexibility index (Phi) is 6.95.